The third kappa shape index (κ3) is 2.41. The lowest BCUT2D eigenvalue weighted by Gasteiger charge is -2.28. The Labute approximate surface area is 139 Å². The third-order valence-corrected chi connectivity index (χ3v) is 5.48. The van der Waals surface area contributed by atoms with Gasteiger partial charge in [-0.2, -0.15) is 5.26 Å². The third-order valence-electron chi connectivity index (χ3n) is 3.76. The predicted molar refractivity (Wildman–Crippen MR) is 90.2 cm³/mol. The number of allylic oxidation sites excluding steroid dienone is 1. The molecule has 1 aliphatic heterocycles. The maximum Gasteiger partial charge on any atom is 0.223 e. The van der Waals surface area contributed by atoms with Crippen molar-refractivity contribution in [3.8, 4) is 6.07 Å². The van der Waals surface area contributed by atoms with E-state index in [1.165, 1.54) is 23.2 Å². The molecule has 2 aromatic rings. The quantitative estimate of drug-likeness (QED) is 0.838. The van der Waals surface area contributed by atoms with Gasteiger partial charge in [0, 0.05) is 31.7 Å². The Bertz CT molecular complexity index is 974. The maximum absolute atomic E-state index is 14.2. The van der Waals surface area contributed by atoms with Gasteiger partial charge in [-0.3, -0.25) is 0 Å². The number of halogens is 1. The largest absolute Gasteiger partial charge is 0.378 e. The van der Waals surface area contributed by atoms with Crippen LogP contribution < -0.4 is 9.80 Å². The second kappa shape index (κ2) is 5.65. The van der Waals surface area contributed by atoms with Crippen LogP contribution in [0.15, 0.2) is 58.5 Å². The fraction of sp³-hybridized carbons (Fsp3) is 0.118. The highest BCUT2D eigenvalue weighted by Gasteiger charge is 2.34. The molecule has 0 fully saturated rings. The molecule has 1 heterocycles. The average molecular weight is 343 g/mol. The first kappa shape index (κ1) is 16.0. The van der Waals surface area contributed by atoms with E-state index in [4.69, 9.17) is 0 Å². The summed E-state index contributed by atoms with van der Waals surface area (Å²) < 4.78 is 39.0. The van der Waals surface area contributed by atoms with Gasteiger partial charge >= 0.3 is 0 Å². The molecule has 0 bridgehead atoms. The Kier molecular flexibility index (Phi) is 3.78. The lowest BCUT2D eigenvalue weighted by molar-refractivity contribution is 0.570. The Morgan fingerprint density at radius 2 is 1.79 bits per heavy atom. The molecule has 7 heteroatoms. The van der Waals surface area contributed by atoms with Gasteiger partial charge in [-0.25, -0.2) is 12.8 Å². The van der Waals surface area contributed by atoms with Crippen molar-refractivity contribution >= 4 is 26.9 Å². The van der Waals surface area contributed by atoms with Gasteiger partial charge in [0.1, 0.15) is 16.8 Å². The molecule has 0 atom stereocenters. The second-order valence-electron chi connectivity index (χ2n) is 5.48. The highest BCUT2D eigenvalue weighted by atomic mass is 32.2. The molecule has 0 N–H and O–H groups in total. The lowest BCUT2D eigenvalue weighted by atomic mass is 10.2. The van der Waals surface area contributed by atoms with E-state index < -0.39 is 25.5 Å². The summed E-state index contributed by atoms with van der Waals surface area (Å²) in [7, 11) is -0.344. The average Bonchev–Trinajstić information content (AvgIpc) is 2.55. The van der Waals surface area contributed by atoms with Crippen molar-refractivity contribution < 1.29 is 12.8 Å². The van der Waals surface area contributed by atoms with Crippen LogP contribution in [0, 0.1) is 17.1 Å². The molecule has 24 heavy (non-hydrogen) atoms. The molecule has 122 valence electrons. The molecule has 1 aliphatic rings. The minimum Gasteiger partial charge on any atom is -0.378 e. The molecule has 0 aromatic heterocycles. The zero-order chi connectivity index (χ0) is 17.5. The van der Waals surface area contributed by atoms with E-state index >= 15 is 0 Å². The molecule has 0 amide bonds. The van der Waals surface area contributed by atoms with Gasteiger partial charge in [0.2, 0.25) is 9.84 Å². The molecule has 0 aliphatic carbocycles. The van der Waals surface area contributed by atoms with Gasteiger partial charge in [-0.05, 0) is 36.4 Å². The molecular formula is C17H14FN3O2S. The molecule has 0 spiro atoms. The van der Waals surface area contributed by atoms with E-state index in [9.17, 15) is 18.1 Å². The number of anilines is 3. The van der Waals surface area contributed by atoms with Crippen LogP contribution in [0.4, 0.5) is 21.5 Å². The first-order valence-electron chi connectivity index (χ1n) is 7.08. The number of fused-ring (bicyclic) bond motifs is 1. The minimum atomic E-state index is -4.15. The van der Waals surface area contributed by atoms with E-state index in [0.29, 0.717) is 5.69 Å². The Morgan fingerprint density at radius 1 is 1.12 bits per heavy atom. The van der Waals surface area contributed by atoms with Crippen LogP contribution in [0.5, 0.6) is 0 Å². The van der Waals surface area contributed by atoms with Gasteiger partial charge < -0.3 is 9.80 Å². The number of rotatable bonds is 2. The topological polar surface area (TPSA) is 64.4 Å². The number of hydrogen-bond donors (Lipinski definition) is 0. The SMILES string of the molecule is CN(C)c1ccc(N2C=C(C#N)S(=O)(=O)c3c(F)cccc32)cc1. The Balaban J connectivity index is 2.22. The fourth-order valence-electron chi connectivity index (χ4n) is 2.53. The molecule has 0 saturated heterocycles. The number of sulfone groups is 1. The summed E-state index contributed by atoms with van der Waals surface area (Å²) in [4.78, 5) is 2.48. The summed E-state index contributed by atoms with van der Waals surface area (Å²) >= 11 is 0. The van der Waals surface area contributed by atoms with Crippen molar-refractivity contribution in [3.05, 3.63) is 59.4 Å². The summed E-state index contributed by atoms with van der Waals surface area (Å²) in [6.07, 6.45) is 1.22. The standard InChI is InChI=1S/C17H14FN3O2S/c1-20(2)12-6-8-13(9-7-12)21-11-14(10-19)24(22,23)17-15(18)4-3-5-16(17)21/h3-9,11H,1-2H3. The van der Waals surface area contributed by atoms with E-state index in [2.05, 4.69) is 0 Å². The van der Waals surface area contributed by atoms with Crippen LogP contribution >= 0.6 is 0 Å². The van der Waals surface area contributed by atoms with Crippen LogP contribution in [0.2, 0.25) is 0 Å². The number of benzene rings is 2. The number of hydrogen-bond acceptors (Lipinski definition) is 5. The smallest absolute Gasteiger partial charge is 0.223 e. The molecule has 0 saturated carbocycles. The van der Waals surface area contributed by atoms with Crippen molar-refractivity contribution in [1.29, 1.82) is 5.26 Å². The Morgan fingerprint density at radius 3 is 2.38 bits per heavy atom. The monoisotopic (exact) mass is 343 g/mol. The van der Waals surface area contributed by atoms with E-state index in [0.717, 1.165) is 11.8 Å². The highest BCUT2D eigenvalue weighted by molar-refractivity contribution is 7.95. The van der Waals surface area contributed by atoms with E-state index in [-0.39, 0.29) is 5.69 Å². The first-order chi connectivity index (χ1) is 11.4. The van der Waals surface area contributed by atoms with Gasteiger partial charge in [-0.1, -0.05) is 6.07 Å². The molecule has 2 aromatic carbocycles. The van der Waals surface area contributed by atoms with Gasteiger partial charge in [-0.15, -0.1) is 0 Å². The molecular weight excluding hydrogens is 329 g/mol. The number of nitriles is 1. The molecule has 5 nitrogen and oxygen atoms in total. The summed E-state index contributed by atoms with van der Waals surface area (Å²) in [5, 5.41) is 9.17. The summed E-state index contributed by atoms with van der Waals surface area (Å²) in [5.74, 6) is -0.872. The summed E-state index contributed by atoms with van der Waals surface area (Å²) in [6.45, 7) is 0. The van der Waals surface area contributed by atoms with Crippen LogP contribution in [0.25, 0.3) is 0 Å². The van der Waals surface area contributed by atoms with Crippen molar-refractivity contribution in [2.45, 2.75) is 4.90 Å². The summed E-state index contributed by atoms with van der Waals surface area (Å²) in [6, 6.07) is 13.0. The van der Waals surface area contributed by atoms with Gasteiger partial charge in [0.15, 0.2) is 4.91 Å². The maximum atomic E-state index is 14.2. The van der Waals surface area contributed by atoms with E-state index in [1.54, 1.807) is 18.2 Å². The van der Waals surface area contributed by atoms with E-state index in [1.807, 2.05) is 31.1 Å². The Hall–Kier alpha value is -2.85. The minimum absolute atomic E-state index is 0.187. The van der Waals surface area contributed by atoms with Crippen molar-refractivity contribution in [3.63, 3.8) is 0 Å². The van der Waals surface area contributed by atoms with Crippen LogP contribution in [0.1, 0.15) is 0 Å². The van der Waals surface area contributed by atoms with Crippen molar-refractivity contribution in [1.82, 2.24) is 0 Å². The molecule has 0 unspecified atom stereocenters. The molecule has 3 rings (SSSR count). The number of nitrogens with zero attached hydrogens (tertiary/aromatic N) is 3. The van der Waals surface area contributed by atoms with Crippen LogP contribution in [-0.4, -0.2) is 22.5 Å². The van der Waals surface area contributed by atoms with Crippen LogP contribution in [-0.2, 0) is 9.84 Å². The normalized spacial score (nSPS) is 15.2. The summed E-state index contributed by atoms with van der Waals surface area (Å²) in [5.41, 5.74) is 1.79. The second-order valence-corrected chi connectivity index (χ2v) is 7.33. The van der Waals surface area contributed by atoms with Gasteiger partial charge in [0.25, 0.3) is 0 Å². The predicted octanol–water partition coefficient (Wildman–Crippen LogP) is 3.18. The zero-order valence-corrected chi connectivity index (χ0v) is 13.9. The van der Waals surface area contributed by atoms with Crippen LogP contribution in [0.3, 0.4) is 0 Å². The molecule has 0 radical (unpaired) electrons. The fourth-order valence-corrected chi connectivity index (χ4v) is 3.88. The highest BCUT2D eigenvalue weighted by Crippen LogP contribution is 2.40. The lowest BCUT2D eigenvalue weighted by Crippen LogP contribution is -2.22. The van der Waals surface area contributed by atoms with Crippen molar-refractivity contribution in [2.24, 2.45) is 0 Å². The van der Waals surface area contributed by atoms with Gasteiger partial charge in [0.05, 0.1) is 5.69 Å². The van der Waals surface area contributed by atoms with Crippen molar-refractivity contribution in [2.75, 3.05) is 23.9 Å². The zero-order valence-electron chi connectivity index (χ0n) is 13.1. The first-order valence-corrected chi connectivity index (χ1v) is 8.56.